The molecule has 0 spiro atoms. The molecule has 0 bridgehead atoms. The normalized spacial score (nSPS) is 17.5. The highest BCUT2D eigenvalue weighted by atomic mass is 32.1. The van der Waals surface area contributed by atoms with E-state index in [9.17, 15) is 19.5 Å². The molecule has 1 aromatic heterocycles. The second-order valence-corrected chi connectivity index (χ2v) is 6.70. The van der Waals surface area contributed by atoms with Crippen molar-refractivity contribution in [2.24, 2.45) is 0 Å². The van der Waals surface area contributed by atoms with Crippen LogP contribution in [-0.2, 0) is 9.59 Å². The van der Waals surface area contributed by atoms with Gasteiger partial charge in [0.25, 0.3) is 0 Å². The molecule has 0 aliphatic heterocycles. The number of aliphatic carboxylic acids is 1. The number of thiophene rings is 1. The van der Waals surface area contributed by atoms with Gasteiger partial charge in [-0.15, -0.1) is 11.3 Å². The number of hydrogen-bond acceptors (Lipinski definition) is 4. The van der Waals surface area contributed by atoms with E-state index in [0.29, 0.717) is 17.7 Å². The fraction of sp³-hybridized carbons (Fsp3) is 0.562. The zero-order valence-corrected chi connectivity index (χ0v) is 13.3. The molecule has 0 radical (unpaired) electrons. The Morgan fingerprint density at radius 2 is 1.82 bits per heavy atom. The van der Waals surface area contributed by atoms with E-state index in [1.807, 2.05) is 5.38 Å². The van der Waals surface area contributed by atoms with Gasteiger partial charge in [-0.05, 0) is 24.3 Å². The molecule has 120 valence electrons. The fourth-order valence-electron chi connectivity index (χ4n) is 2.84. The molecule has 1 aliphatic carbocycles. The minimum atomic E-state index is -1.15. The molecule has 5 nitrogen and oxygen atoms in total. The highest BCUT2D eigenvalue weighted by molar-refractivity contribution is 7.12. The highest BCUT2D eigenvalue weighted by Gasteiger charge is 2.39. The van der Waals surface area contributed by atoms with Crippen molar-refractivity contribution in [2.75, 3.05) is 0 Å². The lowest BCUT2D eigenvalue weighted by Crippen LogP contribution is -2.54. The number of amides is 1. The van der Waals surface area contributed by atoms with E-state index in [1.165, 1.54) is 11.3 Å². The van der Waals surface area contributed by atoms with Gasteiger partial charge in [0.1, 0.15) is 5.54 Å². The summed E-state index contributed by atoms with van der Waals surface area (Å²) in [7, 11) is 0. The number of carbonyl (C=O) groups excluding carboxylic acids is 2. The third-order valence-electron chi connectivity index (χ3n) is 4.12. The number of Topliss-reactive ketones (excluding diaryl/α,β-unsaturated/α-hetero) is 1. The third kappa shape index (κ3) is 4.16. The lowest BCUT2D eigenvalue weighted by atomic mass is 9.90. The Bertz CT molecular complexity index is 530. The molecule has 22 heavy (non-hydrogen) atoms. The maximum atomic E-state index is 12.1. The van der Waals surface area contributed by atoms with Crippen LogP contribution in [0.15, 0.2) is 17.5 Å². The Kier molecular flexibility index (Phi) is 5.71. The van der Waals surface area contributed by atoms with Crippen LogP contribution in [0.4, 0.5) is 0 Å². The van der Waals surface area contributed by atoms with Gasteiger partial charge in [0, 0.05) is 12.8 Å². The predicted octanol–water partition coefficient (Wildman–Crippen LogP) is 3.00. The van der Waals surface area contributed by atoms with Gasteiger partial charge in [0.2, 0.25) is 5.91 Å². The van der Waals surface area contributed by atoms with Crippen molar-refractivity contribution >= 4 is 29.0 Å². The van der Waals surface area contributed by atoms with Crippen LogP contribution in [0.3, 0.4) is 0 Å². The summed E-state index contributed by atoms with van der Waals surface area (Å²) >= 11 is 1.35. The number of ketones is 1. The van der Waals surface area contributed by atoms with E-state index in [1.54, 1.807) is 12.1 Å². The quantitative estimate of drug-likeness (QED) is 0.622. The molecule has 1 aliphatic rings. The molecule has 1 heterocycles. The average Bonchev–Trinajstić information content (AvgIpc) is 2.92. The Balaban J connectivity index is 1.91. The first-order valence-electron chi connectivity index (χ1n) is 7.65. The summed E-state index contributed by atoms with van der Waals surface area (Å²) in [5, 5.41) is 14.0. The fourth-order valence-corrected chi connectivity index (χ4v) is 3.54. The molecule has 6 heteroatoms. The zero-order valence-electron chi connectivity index (χ0n) is 12.5. The first-order chi connectivity index (χ1) is 10.5. The number of carbonyl (C=O) groups is 3. The summed E-state index contributed by atoms with van der Waals surface area (Å²) in [5.74, 6) is -1.39. The van der Waals surface area contributed by atoms with Crippen LogP contribution in [0.25, 0.3) is 0 Å². The van der Waals surface area contributed by atoms with Crippen molar-refractivity contribution in [2.45, 2.75) is 56.9 Å². The van der Waals surface area contributed by atoms with Crippen LogP contribution >= 0.6 is 11.3 Å². The second kappa shape index (κ2) is 7.54. The van der Waals surface area contributed by atoms with E-state index in [0.717, 1.165) is 25.7 Å². The highest BCUT2D eigenvalue weighted by Crippen LogP contribution is 2.27. The van der Waals surface area contributed by atoms with Gasteiger partial charge < -0.3 is 10.4 Å². The van der Waals surface area contributed by atoms with Crippen molar-refractivity contribution < 1.29 is 19.5 Å². The van der Waals surface area contributed by atoms with Crippen LogP contribution < -0.4 is 5.32 Å². The van der Waals surface area contributed by atoms with E-state index >= 15 is 0 Å². The van der Waals surface area contributed by atoms with Gasteiger partial charge in [0.05, 0.1) is 4.88 Å². The average molecular weight is 323 g/mol. The summed E-state index contributed by atoms with van der Waals surface area (Å²) in [4.78, 5) is 36.2. The molecule has 2 N–H and O–H groups in total. The molecule has 0 atom stereocenters. The van der Waals surface area contributed by atoms with Crippen molar-refractivity contribution in [1.29, 1.82) is 0 Å². The predicted molar refractivity (Wildman–Crippen MR) is 84.1 cm³/mol. The molecule has 1 amide bonds. The minimum Gasteiger partial charge on any atom is -0.480 e. The van der Waals surface area contributed by atoms with Crippen LogP contribution in [0, 0.1) is 0 Å². The monoisotopic (exact) mass is 323 g/mol. The number of carboxylic acid groups (broad SMARTS) is 1. The number of hydrogen-bond donors (Lipinski definition) is 2. The molecule has 0 aromatic carbocycles. The Hall–Kier alpha value is -1.69. The number of nitrogens with one attached hydrogen (secondary N) is 1. The first-order valence-corrected chi connectivity index (χ1v) is 8.53. The SMILES string of the molecule is O=C(CCC(=O)c1cccs1)NC1(C(=O)O)CCCCCC1. The summed E-state index contributed by atoms with van der Waals surface area (Å²) in [6.07, 6.45) is 4.69. The maximum Gasteiger partial charge on any atom is 0.329 e. The van der Waals surface area contributed by atoms with E-state index in [2.05, 4.69) is 5.32 Å². The minimum absolute atomic E-state index is 0.0335. The third-order valence-corrected chi connectivity index (χ3v) is 5.03. The Morgan fingerprint density at radius 1 is 1.14 bits per heavy atom. The first kappa shape index (κ1) is 16.7. The molecule has 0 saturated heterocycles. The molecule has 1 fully saturated rings. The molecule has 2 rings (SSSR count). The largest absolute Gasteiger partial charge is 0.480 e. The van der Waals surface area contributed by atoms with Gasteiger partial charge in [-0.3, -0.25) is 9.59 Å². The summed E-state index contributed by atoms with van der Waals surface area (Å²) in [6, 6.07) is 3.53. The van der Waals surface area contributed by atoms with Gasteiger partial charge >= 0.3 is 5.97 Å². The van der Waals surface area contributed by atoms with Crippen molar-refractivity contribution in [1.82, 2.24) is 5.32 Å². The lowest BCUT2D eigenvalue weighted by Gasteiger charge is -2.29. The van der Waals surface area contributed by atoms with Crippen molar-refractivity contribution in [3.8, 4) is 0 Å². The number of carboxylic acids is 1. The zero-order chi connectivity index (χ0) is 16.0. The lowest BCUT2D eigenvalue weighted by molar-refractivity contribution is -0.148. The van der Waals surface area contributed by atoms with E-state index in [4.69, 9.17) is 0 Å². The molecule has 0 unspecified atom stereocenters. The van der Waals surface area contributed by atoms with Gasteiger partial charge in [-0.1, -0.05) is 31.7 Å². The summed E-state index contributed by atoms with van der Waals surface area (Å²) in [6.45, 7) is 0. The smallest absolute Gasteiger partial charge is 0.329 e. The Labute approximate surface area is 133 Å². The van der Waals surface area contributed by atoms with Gasteiger partial charge in [-0.25, -0.2) is 4.79 Å². The second-order valence-electron chi connectivity index (χ2n) is 5.75. The van der Waals surface area contributed by atoms with Crippen LogP contribution in [0.2, 0.25) is 0 Å². The van der Waals surface area contributed by atoms with E-state index < -0.39 is 11.5 Å². The topological polar surface area (TPSA) is 83.5 Å². The van der Waals surface area contributed by atoms with Gasteiger partial charge in [-0.2, -0.15) is 0 Å². The van der Waals surface area contributed by atoms with Gasteiger partial charge in [0.15, 0.2) is 5.78 Å². The van der Waals surface area contributed by atoms with Crippen molar-refractivity contribution in [3.05, 3.63) is 22.4 Å². The molecule has 1 aromatic rings. The van der Waals surface area contributed by atoms with Crippen LogP contribution in [-0.4, -0.2) is 28.3 Å². The van der Waals surface area contributed by atoms with E-state index in [-0.39, 0.29) is 24.5 Å². The van der Waals surface area contributed by atoms with Crippen LogP contribution in [0.5, 0.6) is 0 Å². The molecule has 1 saturated carbocycles. The Morgan fingerprint density at radius 3 is 2.36 bits per heavy atom. The molecular weight excluding hydrogens is 302 g/mol. The van der Waals surface area contributed by atoms with Crippen molar-refractivity contribution in [3.63, 3.8) is 0 Å². The standard InChI is InChI=1S/C16H21NO4S/c18-12(13-6-5-11-22-13)7-8-14(19)17-16(15(20)21)9-3-1-2-4-10-16/h5-6,11H,1-4,7-10H2,(H,17,19)(H,20,21). The summed E-state index contributed by atoms with van der Waals surface area (Å²) < 4.78 is 0. The van der Waals surface area contributed by atoms with Crippen LogP contribution in [0.1, 0.15) is 61.0 Å². The molecular formula is C16H21NO4S. The number of rotatable bonds is 6. The maximum absolute atomic E-state index is 12.1. The summed E-state index contributed by atoms with van der Waals surface area (Å²) in [5.41, 5.74) is -1.15.